The van der Waals surface area contributed by atoms with Gasteiger partial charge in [0.1, 0.15) is 17.3 Å². The molecular weight excluding hydrogens is 346 g/mol. The van der Waals surface area contributed by atoms with E-state index in [0.717, 1.165) is 28.2 Å². The summed E-state index contributed by atoms with van der Waals surface area (Å²) < 4.78 is 5.91. The molecule has 1 saturated carbocycles. The summed E-state index contributed by atoms with van der Waals surface area (Å²) in [7, 11) is 0. The highest BCUT2D eigenvalue weighted by molar-refractivity contribution is 6.06. The Morgan fingerprint density at radius 1 is 0.893 bits per heavy atom. The number of hydrogen-bond donors (Lipinski definition) is 1. The first kappa shape index (κ1) is 17.0. The van der Waals surface area contributed by atoms with Crippen molar-refractivity contribution in [3.8, 4) is 22.6 Å². The molecule has 5 rings (SSSR count). The molecule has 1 fully saturated rings. The maximum Gasteiger partial charge on any atom is 0.127 e. The Hall–Kier alpha value is -3.14. The third-order valence-electron chi connectivity index (χ3n) is 5.76. The number of fused-ring (bicyclic) bond motifs is 1. The molecule has 0 unspecified atom stereocenters. The smallest absolute Gasteiger partial charge is 0.127 e. The average molecular weight is 369 g/mol. The third-order valence-corrected chi connectivity index (χ3v) is 5.76. The quantitative estimate of drug-likeness (QED) is 0.668. The zero-order chi connectivity index (χ0) is 18.9. The van der Waals surface area contributed by atoms with Crippen molar-refractivity contribution in [2.24, 2.45) is 10.7 Å². The van der Waals surface area contributed by atoms with Crippen molar-refractivity contribution in [1.82, 2.24) is 4.98 Å². The molecule has 1 aliphatic carbocycles. The number of aliphatic imine (C=N–C) groups is 1. The van der Waals surface area contributed by atoms with Crippen LogP contribution >= 0.6 is 0 Å². The first-order chi connectivity index (χ1) is 13.8. The standard InChI is InChI=1S/C24H23N3O/c25-24-22-20(14-26-23(21(22)15-27-24)17-6-4-5-7-17)16-10-12-19(13-11-16)28-18-8-2-1-3-9-18/h1-3,8-14,17H,4-7,15H2,(H2,25,27). The fourth-order valence-electron chi connectivity index (χ4n) is 4.36. The lowest BCUT2D eigenvalue weighted by Gasteiger charge is -2.16. The van der Waals surface area contributed by atoms with E-state index in [9.17, 15) is 0 Å². The van der Waals surface area contributed by atoms with Gasteiger partial charge in [-0.1, -0.05) is 43.2 Å². The fraction of sp³-hybridized carbons (Fsp3) is 0.250. The second-order valence-corrected chi connectivity index (χ2v) is 7.53. The Bertz CT molecular complexity index is 1020. The van der Waals surface area contributed by atoms with E-state index in [4.69, 9.17) is 15.5 Å². The highest BCUT2D eigenvalue weighted by atomic mass is 16.5. The van der Waals surface area contributed by atoms with Crippen LogP contribution in [0.15, 0.2) is 65.8 Å². The molecule has 1 aliphatic heterocycles. The summed E-state index contributed by atoms with van der Waals surface area (Å²) in [5.41, 5.74) is 11.9. The number of para-hydroxylation sites is 1. The van der Waals surface area contributed by atoms with Gasteiger partial charge in [-0.3, -0.25) is 9.98 Å². The van der Waals surface area contributed by atoms with E-state index in [2.05, 4.69) is 17.1 Å². The van der Waals surface area contributed by atoms with E-state index in [1.165, 1.54) is 36.9 Å². The predicted octanol–water partition coefficient (Wildman–Crippen LogP) is 5.42. The zero-order valence-corrected chi connectivity index (χ0v) is 15.8. The van der Waals surface area contributed by atoms with E-state index >= 15 is 0 Å². The normalized spacial score (nSPS) is 16.1. The molecule has 2 aliphatic rings. The highest BCUT2D eigenvalue weighted by Crippen LogP contribution is 2.39. The molecule has 4 heteroatoms. The number of ether oxygens (including phenoxy) is 1. The van der Waals surface area contributed by atoms with Gasteiger partial charge in [-0.25, -0.2) is 0 Å². The summed E-state index contributed by atoms with van der Waals surface area (Å²) in [6.45, 7) is 0.656. The third kappa shape index (κ3) is 3.05. The monoisotopic (exact) mass is 369 g/mol. The van der Waals surface area contributed by atoms with Gasteiger partial charge in [-0.15, -0.1) is 0 Å². The molecular formula is C24H23N3O. The van der Waals surface area contributed by atoms with Crippen LogP contribution < -0.4 is 10.5 Å². The predicted molar refractivity (Wildman–Crippen MR) is 112 cm³/mol. The molecule has 28 heavy (non-hydrogen) atoms. The lowest BCUT2D eigenvalue weighted by atomic mass is 9.91. The van der Waals surface area contributed by atoms with E-state index in [0.29, 0.717) is 18.3 Å². The molecule has 3 aromatic rings. The highest BCUT2D eigenvalue weighted by Gasteiger charge is 2.28. The fourth-order valence-corrected chi connectivity index (χ4v) is 4.36. The van der Waals surface area contributed by atoms with Crippen molar-refractivity contribution in [2.75, 3.05) is 0 Å². The number of benzene rings is 2. The minimum atomic E-state index is 0.561. The SMILES string of the molecule is NC1=NCc2c(C3CCCC3)ncc(-c3ccc(Oc4ccccc4)cc3)c21. The Morgan fingerprint density at radius 3 is 2.36 bits per heavy atom. The van der Waals surface area contributed by atoms with E-state index < -0.39 is 0 Å². The van der Waals surface area contributed by atoms with Crippen molar-refractivity contribution in [1.29, 1.82) is 0 Å². The second kappa shape index (κ2) is 7.12. The van der Waals surface area contributed by atoms with Crippen molar-refractivity contribution in [3.05, 3.63) is 77.6 Å². The van der Waals surface area contributed by atoms with Crippen molar-refractivity contribution in [2.45, 2.75) is 38.1 Å². The van der Waals surface area contributed by atoms with Gasteiger partial charge >= 0.3 is 0 Å². The van der Waals surface area contributed by atoms with Crippen LogP contribution in [0.3, 0.4) is 0 Å². The second-order valence-electron chi connectivity index (χ2n) is 7.53. The molecule has 1 aromatic heterocycles. The van der Waals surface area contributed by atoms with Gasteiger partial charge in [0.2, 0.25) is 0 Å². The Balaban J connectivity index is 1.48. The summed E-state index contributed by atoms with van der Waals surface area (Å²) >= 11 is 0. The number of rotatable bonds is 4. The number of nitrogens with zero attached hydrogens (tertiary/aromatic N) is 2. The van der Waals surface area contributed by atoms with Gasteiger partial charge in [0.15, 0.2) is 0 Å². The topological polar surface area (TPSA) is 60.5 Å². The summed E-state index contributed by atoms with van der Waals surface area (Å²) in [6.07, 6.45) is 7.02. The van der Waals surface area contributed by atoms with Gasteiger partial charge in [0, 0.05) is 34.5 Å². The molecule has 0 bridgehead atoms. The first-order valence-corrected chi connectivity index (χ1v) is 9.95. The minimum Gasteiger partial charge on any atom is -0.457 e. The summed E-state index contributed by atoms with van der Waals surface area (Å²) in [4.78, 5) is 9.40. The number of nitrogens with two attached hydrogens (primary N) is 1. The molecule has 2 aromatic carbocycles. The maximum absolute atomic E-state index is 6.28. The van der Waals surface area contributed by atoms with Crippen LogP contribution in [-0.4, -0.2) is 10.8 Å². The maximum atomic E-state index is 6.28. The van der Waals surface area contributed by atoms with Crippen LogP contribution in [0.25, 0.3) is 11.1 Å². The average Bonchev–Trinajstić information content (AvgIpc) is 3.40. The molecule has 0 atom stereocenters. The van der Waals surface area contributed by atoms with Crippen LogP contribution in [-0.2, 0) is 6.54 Å². The molecule has 0 amide bonds. The number of amidine groups is 1. The summed E-state index contributed by atoms with van der Waals surface area (Å²) in [6, 6.07) is 17.9. The van der Waals surface area contributed by atoms with Crippen LogP contribution in [0.1, 0.15) is 48.4 Å². The summed E-state index contributed by atoms with van der Waals surface area (Å²) in [5, 5.41) is 0. The largest absolute Gasteiger partial charge is 0.457 e. The molecule has 2 N–H and O–H groups in total. The van der Waals surface area contributed by atoms with E-state index in [1.807, 2.05) is 48.7 Å². The first-order valence-electron chi connectivity index (χ1n) is 9.95. The van der Waals surface area contributed by atoms with Crippen LogP contribution in [0.2, 0.25) is 0 Å². The number of hydrogen-bond acceptors (Lipinski definition) is 4. The van der Waals surface area contributed by atoms with Crippen LogP contribution in [0, 0.1) is 0 Å². The van der Waals surface area contributed by atoms with Crippen molar-refractivity contribution in [3.63, 3.8) is 0 Å². The van der Waals surface area contributed by atoms with Crippen molar-refractivity contribution < 1.29 is 4.74 Å². The molecule has 0 saturated heterocycles. The lowest BCUT2D eigenvalue weighted by Crippen LogP contribution is -2.14. The molecule has 4 nitrogen and oxygen atoms in total. The minimum absolute atomic E-state index is 0.561. The van der Waals surface area contributed by atoms with Crippen LogP contribution in [0.5, 0.6) is 11.5 Å². The lowest BCUT2D eigenvalue weighted by molar-refractivity contribution is 0.483. The van der Waals surface area contributed by atoms with E-state index in [1.54, 1.807) is 0 Å². The van der Waals surface area contributed by atoms with Gasteiger partial charge in [0.05, 0.1) is 6.54 Å². The Labute approximate surface area is 165 Å². The van der Waals surface area contributed by atoms with Crippen LogP contribution in [0.4, 0.5) is 0 Å². The Kier molecular flexibility index (Phi) is 4.32. The van der Waals surface area contributed by atoms with Crippen molar-refractivity contribution >= 4 is 5.84 Å². The summed E-state index contributed by atoms with van der Waals surface area (Å²) in [5.74, 6) is 2.83. The molecule has 0 spiro atoms. The number of aromatic nitrogens is 1. The Morgan fingerprint density at radius 2 is 1.61 bits per heavy atom. The van der Waals surface area contributed by atoms with Gasteiger partial charge in [-0.05, 0) is 42.7 Å². The molecule has 0 radical (unpaired) electrons. The van der Waals surface area contributed by atoms with Gasteiger partial charge in [0.25, 0.3) is 0 Å². The molecule has 140 valence electrons. The van der Waals surface area contributed by atoms with E-state index in [-0.39, 0.29) is 0 Å². The molecule has 2 heterocycles. The van der Waals surface area contributed by atoms with Gasteiger partial charge < -0.3 is 10.5 Å². The van der Waals surface area contributed by atoms with Gasteiger partial charge in [-0.2, -0.15) is 0 Å². The zero-order valence-electron chi connectivity index (χ0n) is 15.8. The number of pyridine rings is 1.